The molecule has 2 heterocycles. The van der Waals surface area contributed by atoms with Crippen molar-refractivity contribution in [1.82, 2.24) is 9.88 Å². The summed E-state index contributed by atoms with van der Waals surface area (Å²) in [6.07, 6.45) is -3.75. The van der Waals surface area contributed by atoms with E-state index in [4.69, 9.17) is 16.3 Å². The lowest BCUT2D eigenvalue weighted by atomic mass is 9.97. The summed E-state index contributed by atoms with van der Waals surface area (Å²) in [6, 6.07) is 5.45. The van der Waals surface area contributed by atoms with Gasteiger partial charge in [-0.2, -0.15) is 13.2 Å². The third-order valence-electron chi connectivity index (χ3n) is 5.30. The average Bonchev–Trinajstić information content (AvgIpc) is 3.03. The summed E-state index contributed by atoms with van der Waals surface area (Å²) >= 11 is 5.75. The normalized spacial score (nSPS) is 15.1. The van der Waals surface area contributed by atoms with E-state index in [1.807, 2.05) is 0 Å². The summed E-state index contributed by atoms with van der Waals surface area (Å²) in [6.45, 7) is 2.57. The summed E-state index contributed by atoms with van der Waals surface area (Å²) in [5.41, 5.74) is -0.775. The van der Waals surface area contributed by atoms with Gasteiger partial charge in [-0.15, -0.1) is 0 Å². The number of esters is 1. The van der Waals surface area contributed by atoms with Crippen LogP contribution in [0.25, 0.3) is 0 Å². The van der Waals surface area contributed by atoms with Crippen molar-refractivity contribution in [2.75, 3.05) is 11.9 Å². The van der Waals surface area contributed by atoms with Crippen molar-refractivity contribution in [2.45, 2.75) is 32.5 Å². The van der Waals surface area contributed by atoms with Crippen LogP contribution in [-0.4, -0.2) is 46.2 Å². The van der Waals surface area contributed by atoms with E-state index in [1.165, 1.54) is 12.1 Å². The topological polar surface area (TPSA) is 106 Å². The van der Waals surface area contributed by atoms with E-state index in [0.29, 0.717) is 18.7 Å². The molecule has 0 bridgehead atoms. The van der Waals surface area contributed by atoms with E-state index < -0.39 is 59.0 Å². The number of fused-ring (bicyclic) bond motifs is 1. The second-order valence-electron chi connectivity index (χ2n) is 7.56. The zero-order valence-electron chi connectivity index (χ0n) is 18.0. The van der Waals surface area contributed by atoms with Crippen molar-refractivity contribution in [3.63, 3.8) is 0 Å². The second-order valence-corrected chi connectivity index (χ2v) is 7.97. The molecule has 34 heavy (non-hydrogen) atoms. The minimum Gasteiger partial charge on any atom is -0.454 e. The van der Waals surface area contributed by atoms with Crippen LogP contribution in [-0.2, 0) is 20.5 Å². The number of aromatic nitrogens is 1. The number of hydrogen-bond donors (Lipinski definition) is 1. The molecule has 0 spiro atoms. The zero-order valence-corrected chi connectivity index (χ0v) is 18.7. The highest BCUT2D eigenvalue weighted by atomic mass is 35.5. The Morgan fingerprint density at radius 3 is 2.26 bits per heavy atom. The summed E-state index contributed by atoms with van der Waals surface area (Å²) in [5, 5.41) is 1.69. The van der Waals surface area contributed by atoms with E-state index >= 15 is 0 Å². The molecule has 1 N–H and O–H groups in total. The number of carbonyl (C=O) groups excluding carboxylic acids is 4. The molecule has 12 heteroatoms. The number of amides is 3. The van der Waals surface area contributed by atoms with Gasteiger partial charge < -0.3 is 10.1 Å². The first-order valence-corrected chi connectivity index (χ1v) is 10.5. The predicted octanol–water partition coefficient (Wildman–Crippen LogP) is 3.95. The maximum Gasteiger partial charge on any atom is 0.417 e. The number of halogens is 4. The summed E-state index contributed by atoms with van der Waals surface area (Å²) in [4.78, 5) is 54.9. The number of nitrogens with one attached hydrogen (secondary N) is 1. The molecule has 0 aliphatic carbocycles. The van der Waals surface area contributed by atoms with E-state index in [9.17, 15) is 32.3 Å². The molecular formula is C22H19ClF3N3O5. The summed E-state index contributed by atoms with van der Waals surface area (Å²) < 4.78 is 43.2. The Hall–Kier alpha value is -3.47. The van der Waals surface area contributed by atoms with Gasteiger partial charge in [0.25, 0.3) is 17.7 Å². The fourth-order valence-electron chi connectivity index (χ4n) is 3.35. The smallest absolute Gasteiger partial charge is 0.417 e. The van der Waals surface area contributed by atoms with E-state index in [1.54, 1.807) is 26.0 Å². The van der Waals surface area contributed by atoms with Gasteiger partial charge in [-0.1, -0.05) is 44.0 Å². The number of alkyl halides is 3. The van der Waals surface area contributed by atoms with Crippen molar-refractivity contribution < 1.29 is 37.1 Å². The molecule has 2 aromatic rings. The lowest BCUT2D eigenvalue weighted by molar-refractivity contribution is -0.153. The molecule has 1 aromatic heterocycles. The largest absolute Gasteiger partial charge is 0.454 e. The van der Waals surface area contributed by atoms with Gasteiger partial charge in [0.15, 0.2) is 12.4 Å². The number of rotatable bonds is 7. The van der Waals surface area contributed by atoms with Crippen LogP contribution < -0.4 is 5.32 Å². The number of pyridine rings is 1. The number of ether oxygens (including phenoxy) is 1. The lowest BCUT2D eigenvalue weighted by Crippen LogP contribution is -2.49. The van der Waals surface area contributed by atoms with Gasteiger partial charge in [0.05, 0.1) is 21.7 Å². The number of imide groups is 1. The Morgan fingerprint density at radius 1 is 1.18 bits per heavy atom. The Balaban J connectivity index is 1.70. The second kappa shape index (κ2) is 9.80. The van der Waals surface area contributed by atoms with Crippen molar-refractivity contribution in [2.24, 2.45) is 5.92 Å². The van der Waals surface area contributed by atoms with Gasteiger partial charge in [0.1, 0.15) is 6.04 Å². The number of benzene rings is 1. The van der Waals surface area contributed by atoms with Gasteiger partial charge in [-0.25, -0.2) is 9.78 Å². The first kappa shape index (κ1) is 25.2. The Morgan fingerprint density at radius 2 is 1.76 bits per heavy atom. The number of anilines is 1. The predicted molar refractivity (Wildman–Crippen MR) is 114 cm³/mol. The molecule has 2 atom stereocenters. The molecule has 0 saturated carbocycles. The minimum absolute atomic E-state index is 0.161. The fourth-order valence-corrected chi connectivity index (χ4v) is 3.56. The van der Waals surface area contributed by atoms with Gasteiger partial charge in [0.2, 0.25) is 0 Å². The van der Waals surface area contributed by atoms with Crippen molar-refractivity contribution in [1.29, 1.82) is 0 Å². The molecule has 1 aromatic carbocycles. The van der Waals surface area contributed by atoms with Gasteiger partial charge in [-0.05, 0) is 24.1 Å². The van der Waals surface area contributed by atoms with Crippen LogP contribution in [0.2, 0.25) is 5.02 Å². The standard InChI is InChI=1S/C22H19ClF3N3O5/c1-3-11(2)17(29-19(31)13-6-4-5-7-14(13)20(29)32)21(33)34-10-16(30)28-18-15(23)8-12(9-27-18)22(24,25)26/h4-9,11,17H,3,10H2,1-2H3,(H,27,28,30). The van der Waals surface area contributed by atoms with Crippen molar-refractivity contribution >= 4 is 41.1 Å². The van der Waals surface area contributed by atoms with Gasteiger partial charge in [-0.3, -0.25) is 19.3 Å². The van der Waals surface area contributed by atoms with E-state index in [-0.39, 0.29) is 16.9 Å². The first-order chi connectivity index (χ1) is 16.0. The number of hydrogen-bond acceptors (Lipinski definition) is 6. The van der Waals surface area contributed by atoms with Gasteiger partial charge in [0, 0.05) is 6.20 Å². The molecule has 0 saturated heterocycles. The molecule has 180 valence electrons. The first-order valence-electron chi connectivity index (χ1n) is 10.1. The SMILES string of the molecule is CCC(C)C(C(=O)OCC(=O)Nc1ncc(C(F)(F)F)cc1Cl)N1C(=O)c2ccccc2C1=O. The van der Waals surface area contributed by atoms with Crippen LogP contribution in [0.5, 0.6) is 0 Å². The summed E-state index contributed by atoms with van der Waals surface area (Å²) in [7, 11) is 0. The van der Waals surface area contributed by atoms with Crippen molar-refractivity contribution in [3.8, 4) is 0 Å². The number of carbonyl (C=O) groups is 4. The summed E-state index contributed by atoms with van der Waals surface area (Å²) in [5.74, 6) is -4.03. The van der Waals surface area contributed by atoms with Crippen LogP contribution in [0.15, 0.2) is 36.5 Å². The van der Waals surface area contributed by atoms with Crippen LogP contribution >= 0.6 is 11.6 Å². The highest BCUT2D eigenvalue weighted by Crippen LogP contribution is 2.32. The number of nitrogens with zero attached hydrogens (tertiary/aromatic N) is 2. The lowest BCUT2D eigenvalue weighted by Gasteiger charge is -2.28. The molecule has 3 amide bonds. The third-order valence-corrected chi connectivity index (χ3v) is 5.59. The molecule has 8 nitrogen and oxygen atoms in total. The maximum atomic E-state index is 12.8. The Kier molecular flexibility index (Phi) is 7.25. The molecule has 3 rings (SSSR count). The molecule has 0 fully saturated rings. The average molecular weight is 498 g/mol. The highest BCUT2D eigenvalue weighted by molar-refractivity contribution is 6.33. The zero-order chi connectivity index (χ0) is 25.2. The third kappa shape index (κ3) is 5.04. The van der Waals surface area contributed by atoms with Gasteiger partial charge >= 0.3 is 12.1 Å². The molecular weight excluding hydrogens is 479 g/mol. The van der Waals surface area contributed by atoms with Crippen LogP contribution in [0, 0.1) is 5.92 Å². The Labute approximate surface area is 197 Å². The van der Waals surface area contributed by atoms with Crippen LogP contribution in [0.1, 0.15) is 46.5 Å². The van der Waals surface area contributed by atoms with Crippen molar-refractivity contribution in [3.05, 3.63) is 58.2 Å². The van der Waals surface area contributed by atoms with Crippen LogP contribution in [0.3, 0.4) is 0 Å². The fraction of sp³-hybridized carbons (Fsp3) is 0.318. The molecule has 1 aliphatic heterocycles. The van der Waals surface area contributed by atoms with Crippen LogP contribution in [0.4, 0.5) is 19.0 Å². The molecule has 2 unspecified atom stereocenters. The minimum atomic E-state index is -4.66. The Bertz CT molecular complexity index is 1120. The van der Waals surface area contributed by atoms with E-state index in [0.717, 1.165) is 4.90 Å². The molecule has 0 radical (unpaired) electrons. The quantitative estimate of drug-likeness (QED) is 0.459. The maximum absolute atomic E-state index is 12.8. The highest BCUT2D eigenvalue weighted by Gasteiger charge is 2.45. The van der Waals surface area contributed by atoms with E-state index in [2.05, 4.69) is 10.3 Å². The molecule has 1 aliphatic rings. The monoisotopic (exact) mass is 497 g/mol.